The first-order valence-corrected chi connectivity index (χ1v) is 9.02. The van der Waals surface area contributed by atoms with E-state index < -0.39 is 5.54 Å². The number of carbonyl (C=O) groups excluding carboxylic acids is 1. The van der Waals surface area contributed by atoms with E-state index in [0.29, 0.717) is 12.5 Å². The Morgan fingerprint density at radius 3 is 2.77 bits per heavy atom. The van der Waals surface area contributed by atoms with Crippen LogP contribution in [-0.2, 0) is 10.3 Å². The van der Waals surface area contributed by atoms with E-state index in [9.17, 15) is 4.79 Å². The lowest BCUT2D eigenvalue weighted by Crippen LogP contribution is -2.50. The molecule has 0 spiro atoms. The van der Waals surface area contributed by atoms with Crippen molar-refractivity contribution >= 4 is 11.6 Å². The van der Waals surface area contributed by atoms with Crippen molar-refractivity contribution < 1.29 is 9.53 Å². The summed E-state index contributed by atoms with van der Waals surface area (Å²) < 4.78 is 5.30. The minimum Gasteiger partial charge on any atom is -0.497 e. The fourth-order valence-electron chi connectivity index (χ4n) is 3.38. The first-order valence-electron chi connectivity index (χ1n) is 9.02. The molecule has 2 aromatic carbocycles. The van der Waals surface area contributed by atoms with Crippen LogP contribution in [0.2, 0.25) is 0 Å². The number of amides is 1. The van der Waals surface area contributed by atoms with Gasteiger partial charge in [0.15, 0.2) is 0 Å². The molecule has 0 radical (unpaired) electrons. The van der Waals surface area contributed by atoms with E-state index in [-0.39, 0.29) is 5.91 Å². The van der Waals surface area contributed by atoms with Gasteiger partial charge in [0, 0.05) is 31.4 Å². The Morgan fingerprint density at radius 1 is 1.27 bits per heavy atom. The second-order valence-electron chi connectivity index (χ2n) is 7.08. The van der Waals surface area contributed by atoms with E-state index in [4.69, 9.17) is 10.5 Å². The highest BCUT2D eigenvalue weighted by molar-refractivity contribution is 5.87. The molecule has 138 valence electrons. The summed E-state index contributed by atoms with van der Waals surface area (Å²) in [6, 6.07) is 17.6. The molecule has 0 bridgehead atoms. The minimum atomic E-state index is -1.02. The summed E-state index contributed by atoms with van der Waals surface area (Å²) in [6.45, 7) is 4.29. The molecule has 5 heteroatoms. The third kappa shape index (κ3) is 3.99. The molecule has 1 aliphatic rings. The molecule has 3 rings (SSSR count). The predicted octanol–water partition coefficient (Wildman–Crippen LogP) is 2.51. The van der Waals surface area contributed by atoms with Crippen LogP contribution in [0.3, 0.4) is 0 Å². The lowest BCUT2D eigenvalue weighted by atomic mass is 9.92. The van der Waals surface area contributed by atoms with Crippen molar-refractivity contribution in [2.24, 2.45) is 11.7 Å². The van der Waals surface area contributed by atoms with Crippen molar-refractivity contribution in [2.45, 2.75) is 18.9 Å². The molecule has 0 aromatic heterocycles. The molecule has 0 aliphatic carbocycles. The Kier molecular flexibility index (Phi) is 5.47. The van der Waals surface area contributed by atoms with Gasteiger partial charge in [-0.1, -0.05) is 36.4 Å². The standard InChI is InChI=1S/C21H27N3O2/c1-21(22,17-7-4-3-5-8-17)20(25)23-14-16-11-12-24(15-16)18-9-6-10-19(13-18)26-2/h3-10,13,16H,11-12,14-15,22H2,1-2H3,(H,23,25). The summed E-state index contributed by atoms with van der Waals surface area (Å²) in [5, 5.41) is 3.04. The number of nitrogens with one attached hydrogen (secondary N) is 1. The van der Waals surface area contributed by atoms with Crippen molar-refractivity contribution in [3.8, 4) is 5.75 Å². The number of ether oxygens (including phenoxy) is 1. The highest BCUT2D eigenvalue weighted by Crippen LogP contribution is 2.27. The van der Waals surface area contributed by atoms with Crippen LogP contribution in [0, 0.1) is 5.92 Å². The maximum absolute atomic E-state index is 12.6. The van der Waals surface area contributed by atoms with Crippen LogP contribution in [0.5, 0.6) is 5.75 Å². The number of nitrogens with two attached hydrogens (primary N) is 1. The molecule has 2 atom stereocenters. The molecule has 2 unspecified atom stereocenters. The minimum absolute atomic E-state index is 0.136. The van der Waals surface area contributed by atoms with Crippen molar-refractivity contribution in [3.05, 3.63) is 60.2 Å². The molecular formula is C21H27N3O2. The summed E-state index contributed by atoms with van der Waals surface area (Å²) in [5.41, 5.74) is 7.24. The van der Waals surface area contributed by atoms with Gasteiger partial charge in [0.1, 0.15) is 11.3 Å². The Hall–Kier alpha value is -2.53. The van der Waals surface area contributed by atoms with E-state index in [2.05, 4.69) is 16.3 Å². The molecule has 1 saturated heterocycles. The van der Waals surface area contributed by atoms with Crippen LogP contribution >= 0.6 is 0 Å². The molecular weight excluding hydrogens is 326 g/mol. The fourth-order valence-corrected chi connectivity index (χ4v) is 3.38. The molecule has 3 N–H and O–H groups in total. The van der Waals surface area contributed by atoms with Gasteiger partial charge in [-0.3, -0.25) is 4.79 Å². The number of rotatable bonds is 6. The predicted molar refractivity (Wildman–Crippen MR) is 104 cm³/mol. The van der Waals surface area contributed by atoms with Gasteiger partial charge < -0.3 is 20.7 Å². The van der Waals surface area contributed by atoms with E-state index in [0.717, 1.165) is 36.5 Å². The molecule has 5 nitrogen and oxygen atoms in total. The maximum atomic E-state index is 12.6. The second-order valence-corrected chi connectivity index (χ2v) is 7.08. The van der Waals surface area contributed by atoms with Gasteiger partial charge in [-0.2, -0.15) is 0 Å². The van der Waals surface area contributed by atoms with E-state index >= 15 is 0 Å². The Morgan fingerprint density at radius 2 is 2.04 bits per heavy atom. The van der Waals surface area contributed by atoms with E-state index in [1.54, 1.807) is 14.0 Å². The van der Waals surface area contributed by atoms with Crippen molar-refractivity contribution in [3.63, 3.8) is 0 Å². The van der Waals surface area contributed by atoms with Crippen molar-refractivity contribution in [1.82, 2.24) is 5.32 Å². The molecule has 1 heterocycles. The summed E-state index contributed by atoms with van der Waals surface area (Å²) in [5.74, 6) is 1.14. The van der Waals surface area contributed by atoms with Crippen LogP contribution in [0.25, 0.3) is 0 Å². The largest absolute Gasteiger partial charge is 0.497 e. The van der Waals surface area contributed by atoms with Crippen molar-refractivity contribution in [2.75, 3.05) is 31.6 Å². The van der Waals surface area contributed by atoms with Gasteiger partial charge in [-0.15, -0.1) is 0 Å². The third-order valence-electron chi connectivity index (χ3n) is 5.10. The summed E-state index contributed by atoms with van der Waals surface area (Å²) in [6.07, 6.45) is 1.05. The number of methoxy groups -OCH3 is 1. The normalized spacial score (nSPS) is 19.0. The maximum Gasteiger partial charge on any atom is 0.244 e. The number of hydrogen-bond donors (Lipinski definition) is 2. The van der Waals surface area contributed by atoms with Gasteiger partial charge in [-0.25, -0.2) is 0 Å². The highest BCUT2D eigenvalue weighted by Gasteiger charge is 2.31. The molecule has 26 heavy (non-hydrogen) atoms. The lowest BCUT2D eigenvalue weighted by molar-refractivity contribution is -0.126. The Balaban J connectivity index is 1.55. The van der Waals surface area contributed by atoms with Gasteiger partial charge in [0.25, 0.3) is 0 Å². The monoisotopic (exact) mass is 353 g/mol. The summed E-state index contributed by atoms with van der Waals surface area (Å²) in [7, 11) is 1.68. The average molecular weight is 353 g/mol. The van der Waals surface area contributed by atoms with Crippen LogP contribution in [0.15, 0.2) is 54.6 Å². The van der Waals surface area contributed by atoms with E-state index in [1.165, 1.54) is 0 Å². The van der Waals surface area contributed by atoms with Crippen LogP contribution in [0.4, 0.5) is 5.69 Å². The number of hydrogen-bond acceptors (Lipinski definition) is 4. The molecule has 1 fully saturated rings. The Labute approximate surface area is 155 Å². The number of anilines is 1. The third-order valence-corrected chi connectivity index (χ3v) is 5.10. The summed E-state index contributed by atoms with van der Waals surface area (Å²) >= 11 is 0. The zero-order valence-electron chi connectivity index (χ0n) is 15.4. The van der Waals surface area contributed by atoms with Gasteiger partial charge in [0.05, 0.1) is 7.11 Å². The smallest absolute Gasteiger partial charge is 0.244 e. The van der Waals surface area contributed by atoms with Crippen molar-refractivity contribution in [1.29, 1.82) is 0 Å². The molecule has 1 amide bonds. The molecule has 1 aliphatic heterocycles. The second kappa shape index (κ2) is 7.79. The first-order chi connectivity index (χ1) is 12.5. The number of benzene rings is 2. The quantitative estimate of drug-likeness (QED) is 0.837. The molecule has 2 aromatic rings. The highest BCUT2D eigenvalue weighted by atomic mass is 16.5. The topological polar surface area (TPSA) is 67.6 Å². The van der Waals surface area contributed by atoms with Crippen LogP contribution in [0.1, 0.15) is 18.9 Å². The fraction of sp³-hybridized carbons (Fsp3) is 0.381. The zero-order valence-corrected chi connectivity index (χ0v) is 15.4. The van der Waals surface area contributed by atoms with Gasteiger partial charge in [-0.05, 0) is 37.0 Å². The average Bonchev–Trinajstić information content (AvgIpc) is 3.16. The lowest BCUT2D eigenvalue weighted by Gasteiger charge is -2.25. The van der Waals surface area contributed by atoms with Crippen LogP contribution < -0.4 is 20.7 Å². The SMILES string of the molecule is COc1cccc(N2CCC(CNC(=O)C(C)(N)c3ccccc3)C2)c1. The van der Waals surface area contributed by atoms with E-state index in [1.807, 2.05) is 48.5 Å². The number of nitrogens with zero attached hydrogens (tertiary/aromatic N) is 1. The summed E-state index contributed by atoms with van der Waals surface area (Å²) in [4.78, 5) is 14.9. The Bertz CT molecular complexity index is 746. The first kappa shape index (κ1) is 18.3. The zero-order chi connectivity index (χ0) is 18.6. The number of carbonyl (C=O) groups is 1. The van der Waals surface area contributed by atoms with Crippen LogP contribution in [-0.4, -0.2) is 32.7 Å². The molecule has 0 saturated carbocycles. The van der Waals surface area contributed by atoms with Gasteiger partial charge in [0.2, 0.25) is 5.91 Å². The van der Waals surface area contributed by atoms with Gasteiger partial charge >= 0.3 is 0 Å².